The molecule has 0 spiro atoms. The molecule has 0 aromatic heterocycles. The van der Waals surface area contributed by atoms with Gasteiger partial charge in [0.2, 0.25) is 5.91 Å². The fraction of sp³-hybridized carbons (Fsp3) is 0.263. The van der Waals surface area contributed by atoms with Crippen molar-refractivity contribution >= 4 is 41.5 Å². The smallest absolute Gasteiger partial charge is 0.243 e. The summed E-state index contributed by atoms with van der Waals surface area (Å²) in [6.45, 7) is 2.23. The minimum absolute atomic E-state index is 0. The van der Waals surface area contributed by atoms with Gasteiger partial charge in [0, 0.05) is 12.7 Å². The monoisotopic (exact) mass is 504 g/mol. The molecule has 2 aromatic rings. The SMILES string of the molecule is CN=C(NCC(=O)Nc1cccc(F)c1)NCC(C)Oc1ccc(F)cc1.I. The van der Waals surface area contributed by atoms with Gasteiger partial charge < -0.3 is 20.7 Å². The minimum atomic E-state index is -0.423. The molecule has 9 heteroatoms. The van der Waals surface area contributed by atoms with Crippen LogP contribution in [-0.4, -0.2) is 38.1 Å². The van der Waals surface area contributed by atoms with Gasteiger partial charge in [-0.1, -0.05) is 6.07 Å². The van der Waals surface area contributed by atoms with Crippen LogP contribution in [0.4, 0.5) is 14.5 Å². The Balaban J connectivity index is 0.00000392. The van der Waals surface area contributed by atoms with Crippen LogP contribution < -0.4 is 20.7 Å². The quantitative estimate of drug-likeness (QED) is 0.308. The number of hydrogen-bond acceptors (Lipinski definition) is 3. The van der Waals surface area contributed by atoms with Crippen LogP contribution in [0.25, 0.3) is 0 Å². The van der Waals surface area contributed by atoms with Gasteiger partial charge in [-0.05, 0) is 49.4 Å². The highest BCUT2D eigenvalue weighted by molar-refractivity contribution is 14.0. The molecule has 3 N–H and O–H groups in total. The lowest BCUT2D eigenvalue weighted by molar-refractivity contribution is -0.115. The molecule has 2 rings (SSSR count). The predicted octanol–water partition coefficient (Wildman–Crippen LogP) is 3.15. The Morgan fingerprint density at radius 3 is 2.46 bits per heavy atom. The lowest BCUT2D eigenvalue weighted by atomic mass is 10.3. The molecule has 0 saturated carbocycles. The second-order valence-corrected chi connectivity index (χ2v) is 5.75. The van der Waals surface area contributed by atoms with Crippen molar-refractivity contribution in [1.82, 2.24) is 10.6 Å². The number of rotatable bonds is 7. The average Bonchev–Trinajstić information content (AvgIpc) is 2.64. The minimum Gasteiger partial charge on any atom is -0.489 e. The van der Waals surface area contributed by atoms with Gasteiger partial charge in [-0.15, -0.1) is 24.0 Å². The van der Waals surface area contributed by atoms with Crippen LogP contribution in [0, 0.1) is 11.6 Å². The lowest BCUT2D eigenvalue weighted by Gasteiger charge is -2.17. The van der Waals surface area contributed by atoms with E-state index in [1.54, 1.807) is 25.2 Å². The summed E-state index contributed by atoms with van der Waals surface area (Å²) in [5.74, 6) is -0.108. The van der Waals surface area contributed by atoms with Crippen LogP contribution >= 0.6 is 24.0 Å². The number of carbonyl (C=O) groups is 1. The molecule has 0 heterocycles. The summed E-state index contributed by atoms with van der Waals surface area (Å²) in [5, 5.41) is 8.47. The van der Waals surface area contributed by atoms with Crippen LogP contribution in [-0.2, 0) is 4.79 Å². The maximum atomic E-state index is 13.1. The number of nitrogens with zero attached hydrogens (tertiary/aromatic N) is 1. The fourth-order valence-electron chi connectivity index (χ4n) is 2.18. The van der Waals surface area contributed by atoms with E-state index < -0.39 is 5.82 Å². The normalized spacial score (nSPS) is 11.8. The van der Waals surface area contributed by atoms with Crippen molar-refractivity contribution in [3.8, 4) is 5.75 Å². The number of aliphatic imine (C=N–C) groups is 1. The molecule has 1 amide bonds. The Bertz CT molecular complexity index is 788. The molecule has 1 unspecified atom stereocenters. The predicted molar refractivity (Wildman–Crippen MR) is 116 cm³/mol. The summed E-state index contributed by atoms with van der Waals surface area (Å²) in [6.07, 6.45) is -0.213. The summed E-state index contributed by atoms with van der Waals surface area (Å²) in [5.41, 5.74) is 0.381. The third-order valence-corrected chi connectivity index (χ3v) is 3.46. The molecule has 0 aliphatic heterocycles. The topological polar surface area (TPSA) is 74.8 Å². The van der Waals surface area contributed by atoms with E-state index in [1.807, 2.05) is 6.92 Å². The molecular formula is C19H23F2IN4O2. The first-order valence-corrected chi connectivity index (χ1v) is 8.38. The zero-order valence-electron chi connectivity index (χ0n) is 15.5. The van der Waals surface area contributed by atoms with Crippen molar-refractivity contribution in [3.63, 3.8) is 0 Å². The highest BCUT2D eigenvalue weighted by Crippen LogP contribution is 2.12. The Morgan fingerprint density at radius 2 is 1.82 bits per heavy atom. The molecule has 0 aliphatic rings. The molecule has 0 bridgehead atoms. The van der Waals surface area contributed by atoms with Crippen LogP contribution in [0.15, 0.2) is 53.5 Å². The van der Waals surface area contributed by atoms with Gasteiger partial charge in [-0.2, -0.15) is 0 Å². The number of nitrogens with one attached hydrogen (secondary N) is 3. The molecule has 0 saturated heterocycles. The zero-order valence-corrected chi connectivity index (χ0v) is 17.9. The van der Waals surface area contributed by atoms with Crippen LogP contribution in [0.2, 0.25) is 0 Å². The van der Waals surface area contributed by atoms with Gasteiger partial charge >= 0.3 is 0 Å². The van der Waals surface area contributed by atoms with Crippen LogP contribution in [0.3, 0.4) is 0 Å². The standard InChI is InChI=1S/C19H22F2N4O2.HI/c1-13(27-17-8-6-14(20)7-9-17)11-23-19(22-2)24-12-18(26)25-16-5-3-4-15(21)10-16;/h3-10,13H,11-12H2,1-2H3,(H,25,26)(H2,22,23,24);1H. The van der Waals surface area contributed by atoms with Crippen molar-refractivity contribution in [3.05, 3.63) is 60.2 Å². The fourth-order valence-corrected chi connectivity index (χ4v) is 2.18. The molecule has 2 aromatic carbocycles. The zero-order chi connectivity index (χ0) is 19.6. The van der Waals surface area contributed by atoms with Crippen LogP contribution in [0.1, 0.15) is 6.92 Å². The first kappa shape index (κ1) is 23.6. The molecule has 0 radical (unpaired) electrons. The van der Waals surface area contributed by atoms with Crippen LogP contribution in [0.5, 0.6) is 5.75 Å². The number of halogens is 3. The number of ether oxygens (including phenoxy) is 1. The molecule has 0 fully saturated rings. The van der Waals surface area contributed by atoms with Gasteiger partial charge in [0.1, 0.15) is 23.5 Å². The Hall–Kier alpha value is -2.43. The van der Waals surface area contributed by atoms with Gasteiger partial charge in [-0.3, -0.25) is 9.79 Å². The maximum Gasteiger partial charge on any atom is 0.243 e. The largest absolute Gasteiger partial charge is 0.489 e. The molecule has 1 atom stereocenters. The Kier molecular flexibility index (Phi) is 10.2. The van der Waals surface area contributed by atoms with E-state index >= 15 is 0 Å². The first-order chi connectivity index (χ1) is 13.0. The van der Waals surface area contributed by atoms with Gasteiger partial charge in [0.25, 0.3) is 0 Å². The second-order valence-electron chi connectivity index (χ2n) is 5.75. The Morgan fingerprint density at radius 1 is 1.11 bits per heavy atom. The third kappa shape index (κ3) is 8.51. The highest BCUT2D eigenvalue weighted by atomic mass is 127. The van der Waals surface area contributed by atoms with E-state index in [1.165, 1.54) is 30.3 Å². The summed E-state index contributed by atoms with van der Waals surface area (Å²) < 4.78 is 31.7. The number of guanidine groups is 1. The van der Waals surface area contributed by atoms with E-state index in [0.717, 1.165) is 0 Å². The molecule has 6 nitrogen and oxygen atoms in total. The number of benzene rings is 2. The van der Waals surface area contributed by atoms with Crippen molar-refractivity contribution in [2.24, 2.45) is 4.99 Å². The second kappa shape index (κ2) is 12.1. The molecule has 0 aliphatic carbocycles. The molecule has 28 heavy (non-hydrogen) atoms. The van der Waals surface area contributed by atoms with Gasteiger partial charge in [0.15, 0.2) is 5.96 Å². The van der Waals surface area contributed by atoms with E-state index in [0.29, 0.717) is 23.9 Å². The van der Waals surface area contributed by atoms with E-state index in [2.05, 4.69) is 20.9 Å². The third-order valence-electron chi connectivity index (χ3n) is 3.46. The number of hydrogen-bond donors (Lipinski definition) is 3. The summed E-state index contributed by atoms with van der Waals surface area (Å²) in [7, 11) is 1.57. The van der Waals surface area contributed by atoms with E-state index in [9.17, 15) is 13.6 Å². The van der Waals surface area contributed by atoms with Gasteiger partial charge in [-0.25, -0.2) is 8.78 Å². The Labute approximate surface area is 179 Å². The van der Waals surface area contributed by atoms with Crippen molar-refractivity contribution in [2.75, 3.05) is 25.5 Å². The van der Waals surface area contributed by atoms with Crippen molar-refractivity contribution in [1.29, 1.82) is 0 Å². The first-order valence-electron chi connectivity index (χ1n) is 8.38. The molecule has 152 valence electrons. The highest BCUT2D eigenvalue weighted by Gasteiger charge is 2.08. The van der Waals surface area contributed by atoms with Gasteiger partial charge in [0.05, 0.1) is 13.1 Å². The lowest BCUT2D eigenvalue weighted by Crippen LogP contribution is -2.44. The summed E-state index contributed by atoms with van der Waals surface area (Å²) in [6, 6.07) is 11.4. The number of anilines is 1. The maximum absolute atomic E-state index is 13.1. The van der Waals surface area contributed by atoms with E-state index in [-0.39, 0.29) is 48.3 Å². The van der Waals surface area contributed by atoms with E-state index in [4.69, 9.17) is 4.74 Å². The van der Waals surface area contributed by atoms with Crippen molar-refractivity contribution in [2.45, 2.75) is 13.0 Å². The summed E-state index contributed by atoms with van der Waals surface area (Å²) >= 11 is 0. The number of carbonyl (C=O) groups excluding carboxylic acids is 1. The molecular weight excluding hydrogens is 481 g/mol. The average molecular weight is 504 g/mol. The number of amides is 1. The summed E-state index contributed by atoms with van der Waals surface area (Å²) in [4.78, 5) is 15.9. The van der Waals surface area contributed by atoms with Crippen molar-refractivity contribution < 1.29 is 18.3 Å².